The maximum absolute atomic E-state index is 13.5. The van der Waals surface area contributed by atoms with Crippen LogP contribution in [-0.2, 0) is 23.9 Å². The molecule has 2 rings (SSSR count). The van der Waals surface area contributed by atoms with Crippen molar-refractivity contribution in [2.45, 2.75) is 194 Å². The molecular formula is C46H82N4O7. The van der Waals surface area contributed by atoms with Crippen LogP contribution in [0.1, 0.15) is 194 Å². The minimum absolute atomic E-state index is 0.00967. The highest BCUT2D eigenvalue weighted by atomic mass is 16.5. The number of nitrogens with one attached hydrogen (secondary N) is 1. The molecule has 328 valence electrons. The fourth-order valence-electron chi connectivity index (χ4n) is 7.77. The number of hydrogen-bond acceptors (Lipinski definition) is 10. The lowest BCUT2D eigenvalue weighted by Gasteiger charge is -2.41. The van der Waals surface area contributed by atoms with Gasteiger partial charge in [-0.2, -0.15) is 0 Å². The van der Waals surface area contributed by atoms with Crippen LogP contribution in [0, 0.1) is 5.41 Å². The lowest BCUT2D eigenvalue weighted by molar-refractivity contribution is -0.158. The van der Waals surface area contributed by atoms with Crippen LogP contribution >= 0.6 is 0 Å². The van der Waals surface area contributed by atoms with Crippen molar-refractivity contribution in [2.24, 2.45) is 5.41 Å². The highest BCUT2D eigenvalue weighted by Crippen LogP contribution is 2.33. The lowest BCUT2D eigenvalue weighted by atomic mass is 9.79. The predicted molar refractivity (Wildman–Crippen MR) is 233 cm³/mol. The van der Waals surface area contributed by atoms with Gasteiger partial charge in [0, 0.05) is 50.9 Å². The van der Waals surface area contributed by atoms with Crippen LogP contribution in [0.3, 0.4) is 0 Å². The number of rotatable bonds is 36. The molecule has 1 amide bonds. The fraction of sp³-hybridized carbons (Fsp3) is 0.848. The third kappa shape index (κ3) is 21.6. The van der Waals surface area contributed by atoms with Crippen LogP contribution in [0.25, 0.3) is 0 Å². The summed E-state index contributed by atoms with van der Waals surface area (Å²) in [5.41, 5.74) is 4.20. The van der Waals surface area contributed by atoms with E-state index < -0.39 is 16.3 Å². The Morgan fingerprint density at radius 1 is 0.596 bits per heavy atom. The van der Waals surface area contributed by atoms with E-state index in [1.54, 1.807) is 0 Å². The zero-order chi connectivity index (χ0) is 41.6. The molecule has 0 aliphatic carbocycles. The average molecular weight is 803 g/mol. The Balaban J connectivity index is 1.84. The zero-order valence-corrected chi connectivity index (χ0v) is 36.6. The summed E-state index contributed by atoms with van der Waals surface area (Å²) < 4.78 is 11.7. The van der Waals surface area contributed by atoms with E-state index in [9.17, 15) is 24.0 Å². The number of carbonyl (C=O) groups excluding carboxylic acids is 3. The standard InChI is InChI=1S/C46H82N4O7/c1-4-7-10-12-14-16-18-20-22-26-40(52)56-37-46(38-57-41(53)27-23-21-19-17-15-13-11-8-5-2)29-35-50(36-30-46)39(51)28-34-49(32-24-9-6-3)33-25-31-48-43-42(47)44(54)45(43)55/h48H,4-38,47H2,1-3H3. The summed E-state index contributed by atoms with van der Waals surface area (Å²) in [6.07, 6.45) is 27.8. The molecule has 0 unspecified atom stereocenters. The number of amides is 1. The maximum atomic E-state index is 13.5. The van der Waals surface area contributed by atoms with Gasteiger partial charge in [-0.25, -0.2) is 0 Å². The van der Waals surface area contributed by atoms with Crippen LogP contribution < -0.4 is 21.9 Å². The molecule has 1 aromatic rings. The molecular weight excluding hydrogens is 721 g/mol. The molecule has 3 N–H and O–H groups in total. The number of hydrogen-bond donors (Lipinski definition) is 2. The van der Waals surface area contributed by atoms with Crippen molar-refractivity contribution >= 4 is 29.2 Å². The summed E-state index contributed by atoms with van der Waals surface area (Å²) in [5, 5.41) is 3.00. The molecule has 0 bridgehead atoms. The van der Waals surface area contributed by atoms with Gasteiger partial charge in [-0.05, 0) is 51.6 Å². The van der Waals surface area contributed by atoms with Gasteiger partial charge in [0.25, 0.3) is 10.9 Å². The van der Waals surface area contributed by atoms with Crippen LogP contribution in [0.5, 0.6) is 0 Å². The Labute approximate surface area is 345 Å². The van der Waals surface area contributed by atoms with Crippen molar-refractivity contribution in [1.29, 1.82) is 0 Å². The minimum atomic E-state index is -0.622. The molecule has 1 fully saturated rings. The lowest BCUT2D eigenvalue weighted by Crippen LogP contribution is -2.48. The maximum Gasteiger partial charge on any atom is 0.305 e. The molecule has 0 aromatic heterocycles. The third-order valence-corrected chi connectivity index (χ3v) is 11.8. The Bertz CT molecular complexity index is 1260. The fourth-order valence-corrected chi connectivity index (χ4v) is 7.77. The summed E-state index contributed by atoms with van der Waals surface area (Å²) in [5.74, 6) is -0.283. The Hall–Kier alpha value is -2.95. The Morgan fingerprint density at radius 2 is 1.04 bits per heavy atom. The second kappa shape index (κ2) is 31.0. The van der Waals surface area contributed by atoms with Crippen LogP contribution in [0.2, 0.25) is 0 Å². The summed E-state index contributed by atoms with van der Waals surface area (Å²) in [6, 6.07) is 0. The smallest absolute Gasteiger partial charge is 0.305 e. The first-order valence-electron chi connectivity index (χ1n) is 23.3. The summed E-state index contributed by atoms with van der Waals surface area (Å²) in [6.45, 7) is 10.9. The topological polar surface area (TPSA) is 148 Å². The molecule has 1 aromatic carbocycles. The van der Waals surface area contributed by atoms with E-state index in [1.807, 2.05) is 4.90 Å². The first kappa shape index (κ1) is 50.2. The van der Waals surface area contributed by atoms with E-state index in [4.69, 9.17) is 15.2 Å². The number of unbranched alkanes of at least 4 members (excludes halogenated alkanes) is 18. The van der Waals surface area contributed by atoms with Crippen LogP contribution in [-0.4, -0.2) is 80.1 Å². The molecule has 1 aliphatic rings. The van der Waals surface area contributed by atoms with Crippen LogP contribution in [0.4, 0.5) is 11.4 Å². The first-order valence-corrected chi connectivity index (χ1v) is 23.3. The van der Waals surface area contributed by atoms with Crippen molar-refractivity contribution in [1.82, 2.24) is 9.80 Å². The molecule has 1 aliphatic heterocycles. The normalized spacial score (nSPS) is 14.0. The van der Waals surface area contributed by atoms with Gasteiger partial charge in [0.1, 0.15) is 24.6 Å². The predicted octanol–water partition coefficient (Wildman–Crippen LogP) is 9.09. The quantitative estimate of drug-likeness (QED) is 0.0382. The highest BCUT2D eigenvalue weighted by molar-refractivity contribution is 5.76. The molecule has 1 saturated heterocycles. The van der Waals surface area contributed by atoms with E-state index in [-0.39, 0.29) is 42.4 Å². The zero-order valence-electron chi connectivity index (χ0n) is 36.6. The van der Waals surface area contributed by atoms with Gasteiger partial charge in [-0.15, -0.1) is 0 Å². The molecule has 0 saturated carbocycles. The minimum Gasteiger partial charge on any atom is -0.465 e. The van der Waals surface area contributed by atoms with E-state index in [0.29, 0.717) is 58.3 Å². The molecule has 1 heterocycles. The summed E-state index contributed by atoms with van der Waals surface area (Å²) >= 11 is 0. The van der Waals surface area contributed by atoms with E-state index in [2.05, 4.69) is 31.0 Å². The van der Waals surface area contributed by atoms with E-state index >= 15 is 0 Å². The summed E-state index contributed by atoms with van der Waals surface area (Å²) in [7, 11) is 0. The monoisotopic (exact) mass is 803 g/mol. The third-order valence-electron chi connectivity index (χ3n) is 11.8. The van der Waals surface area contributed by atoms with Crippen LogP contribution in [0.15, 0.2) is 9.59 Å². The second-order valence-electron chi connectivity index (χ2n) is 16.9. The SMILES string of the molecule is CCCCCCCCCCCC(=O)OCC1(COC(=O)CCCCCCCCCCC)CCN(C(=O)CCN(CCCCC)CCCNc2c(N)c(=O)c2=O)CC1. The second-order valence-corrected chi connectivity index (χ2v) is 16.9. The number of ether oxygens (including phenoxy) is 2. The molecule has 0 radical (unpaired) electrons. The van der Waals surface area contributed by atoms with Gasteiger partial charge < -0.3 is 30.3 Å². The molecule has 11 heteroatoms. The molecule has 57 heavy (non-hydrogen) atoms. The number of nitrogens with zero attached hydrogens (tertiary/aromatic N) is 2. The number of carbonyl (C=O) groups is 3. The van der Waals surface area contributed by atoms with Gasteiger partial charge in [-0.3, -0.25) is 24.0 Å². The number of nitrogen functional groups attached to an aromatic ring is 1. The number of piperidine rings is 1. The van der Waals surface area contributed by atoms with Gasteiger partial charge in [0.2, 0.25) is 5.91 Å². The number of likely N-dealkylation sites (tertiary alicyclic amines) is 1. The Kier molecular flexibility index (Phi) is 27.3. The van der Waals surface area contributed by atoms with E-state index in [1.165, 1.54) is 77.0 Å². The highest BCUT2D eigenvalue weighted by Gasteiger charge is 2.38. The van der Waals surface area contributed by atoms with Crippen molar-refractivity contribution in [3.05, 3.63) is 20.4 Å². The number of anilines is 2. The van der Waals surface area contributed by atoms with Gasteiger partial charge in [0.15, 0.2) is 0 Å². The first-order chi connectivity index (χ1) is 27.7. The number of nitrogens with two attached hydrogens (primary N) is 1. The largest absolute Gasteiger partial charge is 0.465 e. The molecule has 0 spiro atoms. The van der Waals surface area contributed by atoms with Gasteiger partial charge >= 0.3 is 11.9 Å². The van der Waals surface area contributed by atoms with Crippen molar-refractivity contribution < 1.29 is 23.9 Å². The Morgan fingerprint density at radius 3 is 1.51 bits per heavy atom. The van der Waals surface area contributed by atoms with Crippen molar-refractivity contribution in [3.63, 3.8) is 0 Å². The molecule has 11 nitrogen and oxygen atoms in total. The molecule has 0 atom stereocenters. The van der Waals surface area contributed by atoms with E-state index in [0.717, 1.165) is 77.3 Å². The van der Waals surface area contributed by atoms with Crippen molar-refractivity contribution in [2.75, 3.05) is 63.5 Å². The average Bonchev–Trinajstić information content (AvgIpc) is 3.22. The van der Waals surface area contributed by atoms with Crippen molar-refractivity contribution in [3.8, 4) is 0 Å². The summed E-state index contributed by atoms with van der Waals surface area (Å²) in [4.78, 5) is 66.5. The number of esters is 2. The van der Waals surface area contributed by atoms with Gasteiger partial charge in [-0.1, -0.05) is 136 Å². The van der Waals surface area contributed by atoms with Gasteiger partial charge in [0.05, 0.1) is 0 Å².